The molecule has 0 aromatic heterocycles. The summed E-state index contributed by atoms with van der Waals surface area (Å²) in [5, 5.41) is 16.7. The number of nitrogens with zero attached hydrogens (tertiary/aromatic N) is 3. The van der Waals surface area contributed by atoms with Crippen LogP contribution in [0.1, 0.15) is 23.2 Å². The molecule has 2 aromatic carbocycles. The van der Waals surface area contributed by atoms with Crippen LogP contribution in [0.4, 0.5) is 11.4 Å². The molecule has 2 aliphatic heterocycles. The van der Waals surface area contributed by atoms with Gasteiger partial charge < -0.3 is 25.2 Å². The summed E-state index contributed by atoms with van der Waals surface area (Å²) in [6.07, 6.45) is 1.38. The first kappa shape index (κ1) is 26.5. The Balaban J connectivity index is 0.00000342. The Bertz CT molecular complexity index is 1090. The maximum Gasteiger partial charge on any atom is 0.291 e. The fourth-order valence-electron chi connectivity index (χ4n) is 4.63. The van der Waals surface area contributed by atoms with Crippen LogP contribution in [0.5, 0.6) is 5.75 Å². The summed E-state index contributed by atoms with van der Waals surface area (Å²) in [4.78, 5) is 40.2. The Hall–Kier alpha value is -3.08. The summed E-state index contributed by atoms with van der Waals surface area (Å²) in [6.45, 7) is 2.92. The number of benzene rings is 2. The number of nitrogens with one attached hydrogen (secondary N) is 2. The number of anilines is 1. The minimum Gasteiger partial charge on any atom is -0.496 e. The summed E-state index contributed by atoms with van der Waals surface area (Å²) in [5.74, 6) is -0.277. The van der Waals surface area contributed by atoms with E-state index in [0.29, 0.717) is 32.6 Å². The van der Waals surface area contributed by atoms with E-state index in [4.69, 9.17) is 16.3 Å². The van der Waals surface area contributed by atoms with Crippen molar-refractivity contribution in [2.75, 3.05) is 44.9 Å². The molecule has 2 N–H and O–H groups in total. The van der Waals surface area contributed by atoms with Crippen molar-refractivity contribution < 1.29 is 19.2 Å². The Morgan fingerprint density at radius 1 is 1.26 bits per heavy atom. The Morgan fingerprint density at radius 2 is 1.94 bits per heavy atom. The average molecular weight is 524 g/mol. The van der Waals surface area contributed by atoms with Crippen LogP contribution in [0, 0.1) is 10.1 Å². The standard InChI is InChI=1S/C23H26ClN5O5.ClH/c1-34-20-14-19(29(32)33)18(24)13-17(20)21(30)25-9-12-27-10-7-23(8-11-27)22(31)26-15-28(23)16-5-3-2-4-6-16;/h2-6,13-14H,7-12,15H2,1H3,(H,25,30)(H,26,31);1H. The third kappa shape index (κ3) is 5.29. The number of likely N-dealkylation sites (tertiary alicyclic amines) is 1. The van der Waals surface area contributed by atoms with Crippen LogP contribution in [-0.2, 0) is 4.79 Å². The number of hydrogen-bond acceptors (Lipinski definition) is 7. The number of halogens is 2. The summed E-state index contributed by atoms with van der Waals surface area (Å²) in [6, 6.07) is 12.3. The second-order valence-electron chi connectivity index (χ2n) is 8.32. The lowest BCUT2D eigenvalue weighted by atomic mass is 9.85. The number of piperidine rings is 1. The van der Waals surface area contributed by atoms with Gasteiger partial charge in [-0.15, -0.1) is 12.4 Å². The van der Waals surface area contributed by atoms with Crippen molar-refractivity contribution in [3.8, 4) is 5.75 Å². The van der Waals surface area contributed by atoms with Crippen LogP contribution < -0.4 is 20.3 Å². The number of ether oxygens (including phenoxy) is 1. The van der Waals surface area contributed by atoms with Crippen molar-refractivity contribution in [3.63, 3.8) is 0 Å². The van der Waals surface area contributed by atoms with Crippen LogP contribution in [0.3, 0.4) is 0 Å². The molecule has 10 nitrogen and oxygen atoms in total. The zero-order valence-corrected chi connectivity index (χ0v) is 20.7. The van der Waals surface area contributed by atoms with Gasteiger partial charge in [0.2, 0.25) is 5.91 Å². The number of methoxy groups -OCH3 is 1. The molecule has 2 amide bonds. The van der Waals surface area contributed by atoms with Crippen molar-refractivity contribution in [3.05, 3.63) is 63.2 Å². The first-order valence-electron chi connectivity index (χ1n) is 11.0. The van der Waals surface area contributed by atoms with Crippen molar-refractivity contribution >= 4 is 47.2 Å². The quantitative estimate of drug-likeness (QED) is 0.423. The summed E-state index contributed by atoms with van der Waals surface area (Å²) >= 11 is 5.96. The molecule has 2 aliphatic rings. The number of para-hydroxylation sites is 1. The molecule has 4 rings (SSSR count). The molecule has 188 valence electrons. The maximum absolute atomic E-state index is 12.8. The minimum absolute atomic E-state index is 0. The summed E-state index contributed by atoms with van der Waals surface area (Å²) in [5.41, 5.74) is 0.288. The van der Waals surface area contributed by atoms with E-state index in [0.717, 1.165) is 24.8 Å². The van der Waals surface area contributed by atoms with Crippen molar-refractivity contribution in [2.24, 2.45) is 0 Å². The van der Waals surface area contributed by atoms with E-state index in [1.54, 1.807) is 0 Å². The summed E-state index contributed by atoms with van der Waals surface area (Å²) in [7, 11) is 1.34. The molecule has 0 atom stereocenters. The zero-order chi connectivity index (χ0) is 24.3. The SMILES string of the molecule is COc1cc([N+](=O)[O-])c(Cl)cc1C(=O)NCCN1CCC2(CC1)C(=O)NCN2c1ccccc1.Cl. The number of hydrogen-bond donors (Lipinski definition) is 2. The second-order valence-corrected chi connectivity index (χ2v) is 8.72. The van der Waals surface area contributed by atoms with Crippen LogP contribution >= 0.6 is 24.0 Å². The smallest absolute Gasteiger partial charge is 0.291 e. The molecule has 1 spiro atoms. The molecule has 2 aromatic rings. The third-order valence-electron chi connectivity index (χ3n) is 6.51. The zero-order valence-electron chi connectivity index (χ0n) is 19.2. The van der Waals surface area contributed by atoms with Gasteiger partial charge in [0.05, 0.1) is 30.3 Å². The molecule has 0 radical (unpaired) electrons. The van der Waals surface area contributed by atoms with Crippen LogP contribution in [0.2, 0.25) is 5.02 Å². The lowest BCUT2D eigenvalue weighted by Gasteiger charge is -2.43. The van der Waals surface area contributed by atoms with Gasteiger partial charge in [-0.2, -0.15) is 0 Å². The van der Waals surface area contributed by atoms with Gasteiger partial charge in [-0.1, -0.05) is 29.8 Å². The first-order valence-corrected chi connectivity index (χ1v) is 11.4. The molecular weight excluding hydrogens is 497 g/mol. The normalized spacial score (nSPS) is 17.0. The van der Waals surface area contributed by atoms with Gasteiger partial charge in [0, 0.05) is 31.9 Å². The van der Waals surface area contributed by atoms with Gasteiger partial charge in [-0.25, -0.2) is 0 Å². The number of nitro benzene ring substituents is 1. The largest absolute Gasteiger partial charge is 0.496 e. The number of carbonyl (C=O) groups is 2. The van der Waals surface area contributed by atoms with Crippen molar-refractivity contribution in [1.82, 2.24) is 15.5 Å². The van der Waals surface area contributed by atoms with Crippen LogP contribution in [-0.4, -0.2) is 67.1 Å². The maximum atomic E-state index is 12.8. The fraction of sp³-hybridized carbons (Fsp3) is 0.391. The van der Waals surface area contributed by atoms with Gasteiger partial charge >= 0.3 is 0 Å². The minimum atomic E-state index is -0.626. The van der Waals surface area contributed by atoms with E-state index in [9.17, 15) is 19.7 Å². The highest BCUT2D eigenvalue weighted by molar-refractivity contribution is 6.33. The average Bonchev–Trinajstić information content (AvgIpc) is 3.15. The monoisotopic (exact) mass is 523 g/mol. The van der Waals surface area contributed by atoms with Crippen LogP contribution in [0.25, 0.3) is 0 Å². The lowest BCUT2D eigenvalue weighted by molar-refractivity contribution is -0.384. The predicted molar refractivity (Wildman–Crippen MR) is 135 cm³/mol. The fourth-order valence-corrected chi connectivity index (χ4v) is 4.86. The van der Waals surface area contributed by atoms with Crippen molar-refractivity contribution in [2.45, 2.75) is 18.4 Å². The van der Waals surface area contributed by atoms with Gasteiger partial charge in [0.15, 0.2) is 0 Å². The molecule has 0 bridgehead atoms. The topological polar surface area (TPSA) is 117 Å². The molecule has 0 unspecified atom stereocenters. The summed E-state index contributed by atoms with van der Waals surface area (Å²) < 4.78 is 5.14. The number of amides is 2. The van der Waals surface area contributed by atoms with Crippen LogP contribution in [0.15, 0.2) is 42.5 Å². The Labute approximate surface area is 214 Å². The molecule has 2 saturated heterocycles. The Morgan fingerprint density at radius 3 is 2.57 bits per heavy atom. The van der Waals surface area contributed by atoms with Crippen molar-refractivity contribution in [1.29, 1.82) is 0 Å². The van der Waals surface area contributed by atoms with Gasteiger partial charge in [-0.3, -0.25) is 19.7 Å². The first-order chi connectivity index (χ1) is 16.4. The Kier molecular flexibility index (Phi) is 8.42. The molecule has 0 aliphatic carbocycles. The van der Waals surface area contributed by atoms with E-state index >= 15 is 0 Å². The number of nitro groups is 1. The highest BCUT2D eigenvalue weighted by Crippen LogP contribution is 2.36. The third-order valence-corrected chi connectivity index (χ3v) is 6.81. The number of carbonyl (C=O) groups excluding carboxylic acids is 2. The van der Waals surface area contributed by atoms with E-state index in [1.165, 1.54) is 13.2 Å². The van der Waals surface area contributed by atoms with Gasteiger partial charge in [0.1, 0.15) is 16.3 Å². The van der Waals surface area contributed by atoms with E-state index in [1.807, 2.05) is 30.3 Å². The highest BCUT2D eigenvalue weighted by atomic mass is 35.5. The molecule has 2 heterocycles. The molecular formula is C23H27Cl2N5O5. The molecule has 12 heteroatoms. The molecule has 2 fully saturated rings. The van der Waals surface area contributed by atoms with Gasteiger partial charge in [0.25, 0.3) is 11.6 Å². The van der Waals surface area contributed by atoms with E-state index in [2.05, 4.69) is 20.4 Å². The number of rotatable bonds is 7. The lowest BCUT2D eigenvalue weighted by Crippen LogP contribution is -2.57. The molecule has 0 saturated carbocycles. The van der Waals surface area contributed by atoms with E-state index < -0.39 is 16.4 Å². The highest BCUT2D eigenvalue weighted by Gasteiger charge is 2.50. The van der Waals surface area contributed by atoms with E-state index in [-0.39, 0.29) is 40.3 Å². The van der Waals surface area contributed by atoms with Gasteiger partial charge in [-0.05, 0) is 31.0 Å². The second kappa shape index (κ2) is 11.1. The molecule has 35 heavy (non-hydrogen) atoms. The predicted octanol–water partition coefficient (Wildman–Crippen LogP) is 2.84.